The Labute approximate surface area is 142 Å². The predicted molar refractivity (Wildman–Crippen MR) is 88.0 cm³/mol. The van der Waals surface area contributed by atoms with E-state index in [0.717, 1.165) is 4.47 Å². The van der Waals surface area contributed by atoms with Gasteiger partial charge < -0.3 is 15.7 Å². The second-order valence-electron chi connectivity index (χ2n) is 5.65. The van der Waals surface area contributed by atoms with Crippen LogP contribution in [0.3, 0.4) is 0 Å². The molecule has 1 aliphatic carbocycles. The Morgan fingerprint density at radius 2 is 1.87 bits per heavy atom. The average molecular weight is 383 g/mol. The van der Waals surface area contributed by atoms with Crippen molar-refractivity contribution >= 4 is 33.7 Å². The van der Waals surface area contributed by atoms with Gasteiger partial charge in [-0.2, -0.15) is 0 Å². The molecule has 2 rings (SSSR count). The van der Waals surface area contributed by atoms with Crippen LogP contribution in [0.2, 0.25) is 0 Å². The highest BCUT2D eigenvalue weighted by molar-refractivity contribution is 9.10. The number of halogens is 1. The summed E-state index contributed by atoms with van der Waals surface area (Å²) in [5.74, 6) is -1.64. The van der Waals surface area contributed by atoms with Crippen molar-refractivity contribution in [1.29, 1.82) is 0 Å². The first-order valence-corrected chi connectivity index (χ1v) is 8.31. The number of hydrogen-bond acceptors (Lipinski definition) is 3. The lowest BCUT2D eigenvalue weighted by Gasteiger charge is -2.26. The molecule has 1 aliphatic rings. The van der Waals surface area contributed by atoms with Crippen molar-refractivity contribution in [3.63, 3.8) is 0 Å². The molecule has 0 radical (unpaired) electrons. The summed E-state index contributed by atoms with van der Waals surface area (Å²) < 4.78 is 0.796. The number of aliphatic carboxylic acids is 1. The maximum atomic E-state index is 11.9. The van der Waals surface area contributed by atoms with Gasteiger partial charge >= 0.3 is 5.97 Å². The van der Waals surface area contributed by atoms with E-state index in [9.17, 15) is 14.4 Å². The SMILES string of the molecule is O=C(CNC(=O)c1cccc(Br)c1)NC1CCC(C(=O)O)CC1. The van der Waals surface area contributed by atoms with E-state index in [0.29, 0.717) is 31.2 Å². The number of carbonyl (C=O) groups is 3. The van der Waals surface area contributed by atoms with Gasteiger partial charge in [-0.05, 0) is 43.9 Å². The molecule has 0 aromatic heterocycles. The van der Waals surface area contributed by atoms with Gasteiger partial charge in [0.1, 0.15) is 0 Å². The van der Waals surface area contributed by atoms with Gasteiger partial charge in [0.15, 0.2) is 0 Å². The van der Waals surface area contributed by atoms with E-state index >= 15 is 0 Å². The molecule has 0 heterocycles. The minimum Gasteiger partial charge on any atom is -0.481 e. The predicted octanol–water partition coefficient (Wildman–Crippen LogP) is 1.94. The van der Waals surface area contributed by atoms with E-state index in [1.807, 2.05) is 6.07 Å². The Morgan fingerprint density at radius 1 is 1.17 bits per heavy atom. The second-order valence-corrected chi connectivity index (χ2v) is 6.56. The molecule has 0 bridgehead atoms. The molecule has 1 fully saturated rings. The zero-order valence-electron chi connectivity index (χ0n) is 12.5. The van der Waals surface area contributed by atoms with Gasteiger partial charge in [0.25, 0.3) is 5.91 Å². The normalized spacial score (nSPS) is 20.6. The van der Waals surface area contributed by atoms with Crippen molar-refractivity contribution < 1.29 is 19.5 Å². The third-order valence-corrected chi connectivity index (χ3v) is 4.43. The topological polar surface area (TPSA) is 95.5 Å². The van der Waals surface area contributed by atoms with Gasteiger partial charge in [0, 0.05) is 16.1 Å². The summed E-state index contributed by atoms with van der Waals surface area (Å²) in [6.07, 6.45) is 2.46. The largest absolute Gasteiger partial charge is 0.481 e. The maximum absolute atomic E-state index is 11.9. The minimum absolute atomic E-state index is 0.0131. The number of carbonyl (C=O) groups excluding carboxylic acids is 2. The lowest BCUT2D eigenvalue weighted by Crippen LogP contribution is -2.43. The Morgan fingerprint density at radius 3 is 2.48 bits per heavy atom. The van der Waals surface area contributed by atoms with Gasteiger partial charge in [0.2, 0.25) is 5.91 Å². The number of carboxylic acid groups (broad SMARTS) is 1. The summed E-state index contributed by atoms with van der Waals surface area (Å²) in [7, 11) is 0. The maximum Gasteiger partial charge on any atom is 0.306 e. The number of benzene rings is 1. The third kappa shape index (κ3) is 5.35. The number of carboxylic acids is 1. The minimum atomic E-state index is -0.768. The van der Waals surface area contributed by atoms with Crippen LogP contribution in [0.15, 0.2) is 28.7 Å². The van der Waals surface area contributed by atoms with E-state index in [2.05, 4.69) is 26.6 Å². The molecule has 1 saturated carbocycles. The van der Waals surface area contributed by atoms with Gasteiger partial charge in [0.05, 0.1) is 12.5 Å². The van der Waals surface area contributed by atoms with Crippen molar-refractivity contribution in [3.05, 3.63) is 34.3 Å². The summed E-state index contributed by atoms with van der Waals surface area (Å²) >= 11 is 3.29. The van der Waals surface area contributed by atoms with Crippen LogP contribution in [0.4, 0.5) is 0 Å². The summed E-state index contributed by atoms with van der Waals surface area (Å²) in [6, 6.07) is 6.91. The molecule has 0 unspecified atom stereocenters. The fourth-order valence-corrected chi connectivity index (χ4v) is 3.05. The highest BCUT2D eigenvalue weighted by Gasteiger charge is 2.26. The lowest BCUT2D eigenvalue weighted by atomic mass is 9.86. The van der Waals surface area contributed by atoms with Crippen LogP contribution in [0, 0.1) is 5.92 Å². The molecule has 2 amide bonds. The molecule has 1 aromatic carbocycles. The quantitative estimate of drug-likeness (QED) is 0.724. The van der Waals surface area contributed by atoms with E-state index in [1.54, 1.807) is 18.2 Å². The van der Waals surface area contributed by atoms with E-state index in [1.165, 1.54) is 0 Å². The third-order valence-electron chi connectivity index (χ3n) is 3.94. The van der Waals surface area contributed by atoms with Crippen LogP contribution in [0.5, 0.6) is 0 Å². The summed E-state index contributed by atoms with van der Waals surface area (Å²) in [4.78, 5) is 34.7. The van der Waals surface area contributed by atoms with Gasteiger partial charge in [-0.1, -0.05) is 22.0 Å². The number of rotatable bonds is 5. The van der Waals surface area contributed by atoms with Crippen molar-refractivity contribution in [1.82, 2.24) is 10.6 Å². The van der Waals surface area contributed by atoms with Crippen LogP contribution in [-0.4, -0.2) is 35.5 Å². The summed E-state index contributed by atoms with van der Waals surface area (Å²) in [5.41, 5.74) is 0.481. The van der Waals surface area contributed by atoms with Crippen molar-refractivity contribution in [2.24, 2.45) is 5.92 Å². The highest BCUT2D eigenvalue weighted by atomic mass is 79.9. The van der Waals surface area contributed by atoms with Crippen molar-refractivity contribution in [3.8, 4) is 0 Å². The Kier molecular flexibility index (Phi) is 6.15. The van der Waals surface area contributed by atoms with Crippen molar-refractivity contribution in [2.75, 3.05) is 6.54 Å². The molecular weight excluding hydrogens is 364 g/mol. The first-order chi connectivity index (χ1) is 11.0. The molecular formula is C16H19BrN2O4. The number of nitrogens with one attached hydrogen (secondary N) is 2. The Hall–Kier alpha value is -1.89. The Bertz CT molecular complexity index is 597. The van der Waals surface area contributed by atoms with Crippen LogP contribution < -0.4 is 10.6 Å². The second kappa shape index (κ2) is 8.10. The first kappa shape index (κ1) is 17.5. The van der Waals surface area contributed by atoms with Crippen LogP contribution in [-0.2, 0) is 9.59 Å². The number of amides is 2. The standard InChI is InChI=1S/C16H19BrN2O4/c17-12-3-1-2-11(8-12)15(21)18-9-14(20)19-13-6-4-10(5-7-13)16(22)23/h1-3,8,10,13H,4-7,9H2,(H,18,21)(H,19,20)(H,22,23). The monoisotopic (exact) mass is 382 g/mol. The zero-order chi connectivity index (χ0) is 16.8. The summed E-state index contributed by atoms with van der Waals surface area (Å²) in [5, 5.41) is 14.4. The fourth-order valence-electron chi connectivity index (χ4n) is 2.66. The number of hydrogen-bond donors (Lipinski definition) is 3. The molecule has 23 heavy (non-hydrogen) atoms. The summed E-state index contributed by atoms with van der Waals surface area (Å²) in [6.45, 7) is -0.0930. The molecule has 124 valence electrons. The van der Waals surface area contributed by atoms with Gasteiger partial charge in [-0.25, -0.2) is 0 Å². The van der Waals surface area contributed by atoms with Crippen LogP contribution in [0.1, 0.15) is 36.0 Å². The van der Waals surface area contributed by atoms with Crippen LogP contribution >= 0.6 is 15.9 Å². The fraction of sp³-hybridized carbons (Fsp3) is 0.438. The average Bonchev–Trinajstić information content (AvgIpc) is 2.53. The molecule has 3 N–H and O–H groups in total. The molecule has 0 aliphatic heterocycles. The van der Waals surface area contributed by atoms with Gasteiger partial charge in [-0.15, -0.1) is 0 Å². The molecule has 1 aromatic rings. The molecule has 7 heteroatoms. The molecule has 0 saturated heterocycles. The van der Waals surface area contributed by atoms with E-state index in [-0.39, 0.29) is 30.3 Å². The van der Waals surface area contributed by atoms with E-state index in [4.69, 9.17) is 5.11 Å². The lowest BCUT2D eigenvalue weighted by molar-refractivity contribution is -0.142. The van der Waals surface area contributed by atoms with E-state index < -0.39 is 5.97 Å². The van der Waals surface area contributed by atoms with Crippen LogP contribution in [0.25, 0.3) is 0 Å². The molecule has 0 atom stereocenters. The smallest absolute Gasteiger partial charge is 0.306 e. The first-order valence-electron chi connectivity index (χ1n) is 7.51. The Balaban J connectivity index is 1.73. The highest BCUT2D eigenvalue weighted by Crippen LogP contribution is 2.24. The van der Waals surface area contributed by atoms with Crippen molar-refractivity contribution in [2.45, 2.75) is 31.7 Å². The zero-order valence-corrected chi connectivity index (χ0v) is 14.1. The molecule has 0 spiro atoms. The van der Waals surface area contributed by atoms with Gasteiger partial charge in [-0.3, -0.25) is 14.4 Å². The molecule has 6 nitrogen and oxygen atoms in total.